The molecular formula is C21H35IN4O2. The molecule has 0 radical (unpaired) electrons. The summed E-state index contributed by atoms with van der Waals surface area (Å²) in [5.74, 6) is 1.98. The van der Waals surface area contributed by atoms with Crippen molar-refractivity contribution in [3.63, 3.8) is 0 Å². The highest BCUT2D eigenvalue weighted by Crippen LogP contribution is 2.17. The molecule has 2 saturated heterocycles. The van der Waals surface area contributed by atoms with Crippen molar-refractivity contribution in [2.45, 2.75) is 32.2 Å². The van der Waals surface area contributed by atoms with Gasteiger partial charge in [-0.15, -0.1) is 24.0 Å². The molecule has 0 aliphatic carbocycles. The van der Waals surface area contributed by atoms with Gasteiger partial charge in [0, 0.05) is 45.8 Å². The molecular weight excluding hydrogens is 467 g/mol. The molecule has 0 spiro atoms. The van der Waals surface area contributed by atoms with E-state index < -0.39 is 0 Å². The van der Waals surface area contributed by atoms with Crippen LogP contribution in [0.1, 0.15) is 25.3 Å². The monoisotopic (exact) mass is 502 g/mol. The van der Waals surface area contributed by atoms with Crippen LogP contribution in [-0.4, -0.2) is 81.4 Å². The molecule has 2 heterocycles. The zero-order chi connectivity index (χ0) is 18.9. The Bertz CT molecular complexity index is 608. The summed E-state index contributed by atoms with van der Waals surface area (Å²) in [6.45, 7) is 9.75. The summed E-state index contributed by atoms with van der Waals surface area (Å²) >= 11 is 0. The topological polar surface area (TPSA) is 49.3 Å². The summed E-state index contributed by atoms with van der Waals surface area (Å²) < 4.78 is 11.2. The number of guanidine groups is 1. The second-order valence-electron chi connectivity index (χ2n) is 7.26. The van der Waals surface area contributed by atoms with Gasteiger partial charge in [0.2, 0.25) is 0 Å². The summed E-state index contributed by atoms with van der Waals surface area (Å²) in [6, 6.07) is 9.03. The average molecular weight is 502 g/mol. The van der Waals surface area contributed by atoms with Crippen LogP contribution in [-0.2, 0) is 11.2 Å². The Kier molecular flexibility index (Phi) is 10.4. The first-order chi connectivity index (χ1) is 13.3. The third kappa shape index (κ3) is 6.77. The Morgan fingerprint density at radius 2 is 2.11 bits per heavy atom. The minimum absolute atomic E-state index is 0. The molecule has 0 amide bonds. The Morgan fingerprint density at radius 3 is 2.86 bits per heavy atom. The van der Waals surface area contributed by atoms with Crippen LogP contribution in [0.25, 0.3) is 0 Å². The van der Waals surface area contributed by atoms with E-state index in [1.54, 1.807) is 0 Å². The van der Waals surface area contributed by atoms with Crippen LogP contribution >= 0.6 is 24.0 Å². The fourth-order valence-corrected chi connectivity index (χ4v) is 3.84. The summed E-state index contributed by atoms with van der Waals surface area (Å²) in [4.78, 5) is 9.46. The van der Waals surface area contributed by atoms with E-state index in [0.717, 1.165) is 77.1 Å². The highest BCUT2D eigenvalue weighted by atomic mass is 127. The Labute approximate surface area is 186 Å². The maximum atomic E-state index is 5.73. The zero-order valence-corrected chi connectivity index (χ0v) is 19.6. The van der Waals surface area contributed by atoms with Crippen LogP contribution in [0.3, 0.4) is 0 Å². The van der Waals surface area contributed by atoms with Crippen molar-refractivity contribution in [1.82, 2.24) is 15.1 Å². The van der Waals surface area contributed by atoms with E-state index in [1.165, 1.54) is 12.0 Å². The number of rotatable bonds is 7. The number of ether oxygens (including phenoxy) is 2. The van der Waals surface area contributed by atoms with E-state index in [-0.39, 0.29) is 24.0 Å². The number of nitrogens with zero attached hydrogens (tertiary/aromatic N) is 3. The first-order valence-electron chi connectivity index (χ1n) is 10.3. The van der Waals surface area contributed by atoms with Gasteiger partial charge in [-0.2, -0.15) is 0 Å². The van der Waals surface area contributed by atoms with E-state index in [1.807, 2.05) is 13.1 Å². The normalized spacial score (nSPS) is 20.7. The fraction of sp³-hybridized carbons (Fsp3) is 0.667. The molecule has 28 heavy (non-hydrogen) atoms. The summed E-state index contributed by atoms with van der Waals surface area (Å²) in [6.07, 6.45) is 3.20. The summed E-state index contributed by atoms with van der Waals surface area (Å²) in [5.41, 5.74) is 1.29. The zero-order valence-electron chi connectivity index (χ0n) is 17.2. The average Bonchev–Trinajstić information content (AvgIpc) is 3.21. The van der Waals surface area contributed by atoms with Crippen LogP contribution < -0.4 is 10.1 Å². The third-order valence-corrected chi connectivity index (χ3v) is 5.30. The van der Waals surface area contributed by atoms with Crippen LogP contribution in [0.5, 0.6) is 5.75 Å². The highest BCUT2D eigenvalue weighted by Gasteiger charge is 2.30. The van der Waals surface area contributed by atoms with Gasteiger partial charge in [-0.3, -0.25) is 9.89 Å². The molecule has 2 aliphatic rings. The number of hydrogen-bond acceptors (Lipinski definition) is 4. The minimum Gasteiger partial charge on any atom is -0.494 e. The molecule has 2 aliphatic heterocycles. The molecule has 0 bridgehead atoms. The lowest BCUT2D eigenvalue weighted by Gasteiger charge is -2.32. The van der Waals surface area contributed by atoms with Crippen LogP contribution in [0.2, 0.25) is 0 Å². The molecule has 6 nitrogen and oxygen atoms in total. The fourth-order valence-electron chi connectivity index (χ4n) is 3.84. The van der Waals surface area contributed by atoms with Crippen molar-refractivity contribution in [2.75, 3.05) is 59.6 Å². The molecule has 1 aromatic rings. The largest absolute Gasteiger partial charge is 0.494 e. The SMILES string of the molecule is CCCOc1cccc(CCNC(=NC)N2CCC(N3CCOCC3)C2)c1.I. The standard InChI is InChI=1S/C21H34N4O2.HI/c1-3-13-27-20-6-4-5-18(16-20)7-9-23-21(22-2)25-10-8-19(17-25)24-11-14-26-15-12-24;/h4-6,16,19H,3,7-15,17H2,1-2H3,(H,22,23);1H. The van der Waals surface area contributed by atoms with Gasteiger partial charge in [-0.1, -0.05) is 19.1 Å². The van der Waals surface area contributed by atoms with E-state index in [0.29, 0.717) is 6.04 Å². The molecule has 0 saturated carbocycles. The lowest BCUT2D eigenvalue weighted by Crippen LogP contribution is -2.46. The summed E-state index contributed by atoms with van der Waals surface area (Å²) in [7, 11) is 1.88. The predicted molar refractivity (Wildman–Crippen MR) is 125 cm³/mol. The number of nitrogens with one attached hydrogen (secondary N) is 1. The number of aliphatic imine (C=N–C) groups is 1. The number of likely N-dealkylation sites (tertiary alicyclic amines) is 1. The van der Waals surface area contributed by atoms with E-state index in [4.69, 9.17) is 9.47 Å². The first-order valence-corrected chi connectivity index (χ1v) is 10.3. The lowest BCUT2D eigenvalue weighted by molar-refractivity contribution is 0.0195. The number of morpholine rings is 1. The van der Waals surface area contributed by atoms with Gasteiger partial charge in [0.05, 0.1) is 19.8 Å². The molecule has 1 atom stereocenters. The lowest BCUT2D eigenvalue weighted by atomic mass is 10.1. The van der Waals surface area contributed by atoms with Crippen molar-refractivity contribution < 1.29 is 9.47 Å². The minimum atomic E-state index is 0. The maximum absolute atomic E-state index is 5.73. The van der Waals surface area contributed by atoms with Gasteiger partial charge < -0.3 is 19.7 Å². The van der Waals surface area contributed by atoms with Gasteiger partial charge in [0.1, 0.15) is 5.75 Å². The second-order valence-corrected chi connectivity index (χ2v) is 7.26. The van der Waals surface area contributed by atoms with Crippen LogP contribution in [0, 0.1) is 0 Å². The second kappa shape index (κ2) is 12.5. The predicted octanol–water partition coefficient (Wildman–Crippen LogP) is 2.62. The van der Waals surface area contributed by atoms with Gasteiger partial charge in [0.25, 0.3) is 0 Å². The van der Waals surface area contributed by atoms with E-state index >= 15 is 0 Å². The molecule has 158 valence electrons. The Hall–Kier alpha value is -1.06. The Balaban J connectivity index is 0.00000280. The van der Waals surface area contributed by atoms with Crippen molar-refractivity contribution in [3.05, 3.63) is 29.8 Å². The number of hydrogen-bond donors (Lipinski definition) is 1. The Morgan fingerprint density at radius 1 is 1.29 bits per heavy atom. The van der Waals surface area contributed by atoms with Crippen LogP contribution in [0.15, 0.2) is 29.3 Å². The van der Waals surface area contributed by atoms with Gasteiger partial charge in [0.15, 0.2) is 5.96 Å². The van der Waals surface area contributed by atoms with E-state index in [9.17, 15) is 0 Å². The first kappa shape index (κ1) is 23.2. The maximum Gasteiger partial charge on any atom is 0.193 e. The molecule has 2 fully saturated rings. The molecule has 0 aromatic heterocycles. The van der Waals surface area contributed by atoms with Gasteiger partial charge in [-0.25, -0.2) is 0 Å². The third-order valence-electron chi connectivity index (χ3n) is 5.30. The molecule has 1 N–H and O–H groups in total. The van der Waals surface area contributed by atoms with Crippen molar-refractivity contribution in [1.29, 1.82) is 0 Å². The van der Waals surface area contributed by atoms with Crippen molar-refractivity contribution >= 4 is 29.9 Å². The number of halogens is 1. The van der Waals surface area contributed by atoms with Gasteiger partial charge in [-0.05, 0) is 37.0 Å². The summed E-state index contributed by atoms with van der Waals surface area (Å²) in [5, 5.41) is 3.54. The van der Waals surface area contributed by atoms with Gasteiger partial charge >= 0.3 is 0 Å². The smallest absolute Gasteiger partial charge is 0.193 e. The molecule has 1 unspecified atom stereocenters. The quantitative estimate of drug-likeness (QED) is 0.353. The molecule has 7 heteroatoms. The molecule has 1 aromatic carbocycles. The van der Waals surface area contributed by atoms with Crippen LogP contribution in [0.4, 0.5) is 0 Å². The van der Waals surface area contributed by atoms with Crippen molar-refractivity contribution in [3.8, 4) is 5.75 Å². The number of benzene rings is 1. The van der Waals surface area contributed by atoms with E-state index in [2.05, 4.69) is 45.2 Å². The highest BCUT2D eigenvalue weighted by molar-refractivity contribution is 14.0. The molecule has 3 rings (SSSR count). The van der Waals surface area contributed by atoms with Crippen molar-refractivity contribution in [2.24, 2.45) is 4.99 Å².